The van der Waals surface area contributed by atoms with Crippen LogP contribution in [0.1, 0.15) is 12.5 Å². The second-order valence-electron chi connectivity index (χ2n) is 5.21. The number of carbonyl (C=O) groups is 1. The first-order chi connectivity index (χ1) is 12.6. The summed E-state index contributed by atoms with van der Waals surface area (Å²) in [6.45, 7) is 2.05. The number of rotatable bonds is 7. The summed E-state index contributed by atoms with van der Waals surface area (Å²) in [6, 6.07) is 9.35. The average molecular weight is 390 g/mol. The van der Waals surface area contributed by atoms with Gasteiger partial charge in [-0.25, -0.2) is 9.37 Å². The number of halogens is 1. The van der Waals surface area contributed by atoms with Crippen LogP contribution in [0.4, 0.5) is 4.39 Å². The second-order valence-corrected chi connectivity index (χ2v) is 7.63. The van der Waals surface area contributed by atoms with Crippen LogP contribution in [0.15, 0.2) is 52.4 Å². The minimum absolute atomic E-state index is 0.134. The van der Waals surface area contributed by atoms with Crippen molar-refractivity contribution in [3.8, 4) is 11.6 Å². The fourth-order valence-electron chi connectivity index (χ4n) is 2.04. The first kappa shape index (κ1) is 18.3. The molecule has 1 aromatic carbocycles. The number of pyridine rings is 1. The third-order valence-corrected chi connectivity index (χ3v) is 5.21. The Balaban J connectivity index is 1.62. The second kappa shape index (κ2) is 8.72. The van der Waals surface area contributed by atoms with Crippen LogP contribution >= 0.6 is 23.1 Å². The lowest BCUT2D eigenvalue weighted by molar-refractivity contribution is -0.120. The normalized spacial score (nSPS) is 11.8. The van der Waals surface area contributed by atoms with Crippen LogP contribution in [0.5, 0.6) is 11.6 Å². The lowest BCUT2D eigenvalue weighted by Crippen LogP contribution is -2.30. The summed E-state index contributed by atoms with van der Waals surface area (Å²) < 4.78 is 19.7. The van der Waals surface area contributed by atoms with E-state index in [2.05, 4.69) is 20.5 Å². The number of benzene rings is 1. The van der Waals surface area contributed by atoms with Gasteiger partial charge in [0.2, 0.25) is 11.8 Å². The third kappa shape index (κ3) is 4.99. The molecular weight excluding hydrogens is 375 g/mol. The Hall–Kier alpha value is -2.52. The van der Waals surface area contributed by atoms with Gasteiger partial charge in [-0.05, 0) is 25.1 Å². The number of hydrogen-bond acceptors (Lipinski definition) is 7. The first-order valence-electron chi connectivity index (χ1n) is 7.69. The van der Waals surface area contributed by atoms with Gasteiger partial charge in [0.25, 0.3) is 0 Å². The molecule has 0 unspecified atom stereocenters. The zero-order chi connectivity index (χ0) is 18.4. The van der Waals surface area contributed by atoms with Crippen molar-refractivity contribution < 1.29 is 13.9 Å². The SMILES string of the molecule is C[C@@H](Sc1nncs1)C(=O)NCc1cccnc1Oc1cccc(F)c1. The number of amides is 1. The fourth-order valence-corrected chi connectivity index (χ4v) is 3.69. The van der Waals surface area contributed by atoms with Gasteiger partial charge in [-0.3, -0.25) is 4.79 Å². The molecule has 1 N–H and O–H groups in total. The largest absolute Gasteiger partial charge is 0.439 e. The van der Waals surface area contributed by atoms with Gasteiger partial charge in [0, 0.05) is 24.4 Å². The van der Waals surface area contributed by atoms with Crippen molar-refractivity contribution in [2.75, 3.05) is 0 Å². The number of nitrogens with one attached hydrogen (secondary N) is 1. The van der Waals surface area contributed by atoms with E-state index in [9.17, 15) is 9.18 Å². The summed E-state index contributed by atoms with van der Waals surface area (Å²) in [4.78, 5) is 16.4. The summed E-state index contributed by atoms with van der Waals surface area (Å²) >= 11 is 2.73. The minimum Gasteiger partial charge on any atom is -0.439 e. The summed E-state index contributed by atoms with van der Waals surface area (Å²) in [5.74, 6) is 0.140. The molecule has 0 aliphatic rings. The molecule has 2 heterocycles. The zero-order valence-corrected chi connectivity index (χ0v) is 15.4. The summed E-state index contributed by atoms with van der Waals surface area (Å²) in [5.41, 5.74) is 2.32. The van der Waals surface area contributed by atoms with Gasteiger partial charge in [0.05, 0.1) is 5.25 Å². The molecule has 1 amide bonds. The summed E-state index contributed by atoms with van der Waals surface area (Å²) in [7, 11) is 0. The summed E-state index contributed by atoms with van der Waals surface area (Å²) in [5, 5.41) is 10.2. The molecule has 6 nitrogen and oxygen atoms in total. The summed E-state index contributed by atoms with van der Waals surface area (Å²) in [6.07, 6.45) is 1.58. The lowest BCUT2D eigenvalue weighted by Gasteiger charge is -2.13. The lowest BCUT2D eigenvalue weighted by atomic mass is 10.2. The van der Waals surface area contributed by atoms with Gasteiger partial charge < -0.3 is 10.1 Å². The topological polar surface area (TPSA) is 77.0 Å². The van der Waals surface area contributed by atoms with Crippen molar-refractivity contribution in [1.82, 2.24) is 20.5 Å². The standard InChI is InChI=1S/C17H15FN4O2S2/c1-11(26-17-22-21-10-25-17)15(23)20-9-12-4-3-7-19-16(12)24-14-6-2-5-13(18)8-14/h2-8,10-11H,9H2,1H3,(H,20,23)/t11-/m1/s1. The van der Waals surface area contributed by atoms with Crippen molar-refractivity contribution >= 4 is 29.0 Å². The van der Waals surface area contributed by atoms with E-state index in [1.54, 1.807) is 42.9 Å². The van der Waals surface area contributed by atoms with Crippen LogP contribution < -0.4 is 10.1 Å². The Labute approximate surface area is 157 Å². The van der Waals surface area contributed by atoms with Crippen LogP contribution in [0, 0.1) is 5.82 Å². The van der Waals surface area contributed by atoms with Crippen molar-refractivity contribution in [3.63, 3.8) is 0 Å². The van der Waals surface area contributed by atoms with E-state index in [4.69, 9.17) is 4.74 Å². The minimum atomic E-state index is -0.393. The molecule has 0 aliphatic heterocycles. The van der Waals surface area contributed by atoms with Crippen molar-refractivity contribution in [2.24, 2.45) is 0 Å². The van der Waals surface area contributed by atoms with Crippen LogP contribution in [0.25, 0.3) is 0 Å². The maximum atomic E-state index is 13.3. The van der Waals surface area contributed by atoms with E-state index in [1.807, 2.05) is 0 Å². The van der Waals surface area contributed by atoms with Gasteiger partial charge >= 0.3 is 0 Å². The molecule has 26 heavy (non-hydrogen) atoms. The van der Waals surface area contributed by atoms with Crippen LogP contribution in [0.3, 0.4) is 0 Å². The highest BCUT2D eigenvalue weighted by Crippen LogP contribution is 2.25. The van der Waals surface area contributed by atoms with Crippen LogP contribution in [-0.4, -0.2) is 26.3 Å². The van der Waals surface area contributed by atoms with E-state index >= 15 is 0 Å². The van der Waals surface area contributed by atoms with Crippen LogP contribution in [-0.2, 0) is 11.3 Å². The third-order valence-electron chi connectivity index (χ3n) is 3.30. The molecule has 1 atom stereocenters. The first-order valence-corrected chi connectivity index (χ1v) is 9.45. The molecule has 0 radical (unpaired) electrons. The molecule has 0 fully saturated rings. The Kier molecular flexibility index (Phi) is 6.13. The molecule has 0 bridgehead atoms. The van der Waals surface area contributed by atoms with E-state index in [-0.39, 0.29) is 17.7 Å². The molecule has 0 aliphatic carbocycles. The number of nitrogens with zero attached hydrogens (tertiary/aromatic N) is 3. The molecule has 3 rings (SSSR count). The monoisotopic (exact) mass is 390 g/mol. The Morgan fingerprint density at radius 3 is 3.04 bits per heavy atom. The molecule has 0 saturated carbocycles. The molecule has 9 heteroatoms. The predicted molar refractivity (Wildman–Crippen MR) is 97.8 cm³/mol. The van der Waals surface area contributed by atoms with Gasteiger partial charge in [0.15, 0.2) is 4.34 Å². The van der Waals surface area contributed by atoms with Crippen LogP contribution in [0.2, 0.25) is 0 Å². The number of carbonyl (C=O) groups excluding carboxylic acids is 1. The average Bonchev–Trinajstić information content (AvgIpc) is 3.13. The molecule has 0 saturated heterocycles. The Morgan fingerprint density at radius 1 is 1.38 bits per heavy atom. The van der Waals surface area contributed by atoms with Crippen molar-refractivity contribution in [2.45, 2.75) is 23.1 Å². The highest BCUT2D eigenvalue weighted by Gasteiger charge is 2.17. The van der Waals surface area contributed by atoms with Gasteiger partial charge in [0.1, 0.15) is 17.1 Å². The van der Waals surface area contributed by atoms with Gasteiger partial charge in [-0.15, -0.1) is 10.2 Å². The number of thioether (sulfide) groups is 1. The Bertz CT molecular complexity index is 877. The predicted octanol–water partition coefficient (Wildman–Crippen LogP) is 3.66. The van der Waals surface area contributed by atoms with E-state index in [0.29, 0.717) is 17.2 Å². The molecule has 2 aromatic heterocycles. The zero-order valence-electron chi connectivity index (χ0n) is 13.8. The van der Waals surface area contributed by atoms with Crippen molar-refractivity contribution in [1.29, 1.82) is 0 Å². The number of ether oxygens (including phenoxy) is 1. The molecule has 3 aromatic rings. The maximum absolute atomic E-state index is 13.3. The molecule has 134 valence electrons. The molecular formula is C17H15FN4O2S2. The highest BCUT2D eigenvalue weighted by molar-refractivity contribution is 8.02. The molecule has 0 spiro atoms. The maximum Gasteiger partial charge on any atom is 0.233 e. The quantitative estimate of drug-likeness (QED) is 0.621. The Morgan fingerprint density at radius 2 is 2.27 bits per heavy atom. The van der Waals surface area contributed by atoms with E-state index in [1.165, 1.54) is 35.2 Å². The van der Waals surface area contributed by atoms with E-state index < -0.39 is 5.82 Å². The highest BCUT2D eigenvalue weighted by atomic mass is 32.2. The van der Waals surface area contributed by atoms with E-state index in [0.717, 1.165) is 4.34 Å². The van der Waals surface area contributed by atoms with Crippen molar-refractivity contribution in [3.05, 3.63) is 59.5 Å². The number of hydrogen-bond donors (Lipinski definition) is 1. The smallest absolute Gasteiger partial charge is 0.233 e. The van der Waals surface area contributed by atoms with Gasteiger partial charge in [-0.2, -0.15) is 0 Å². The van der Waals surface area contributed by atoms with Gasteiger partial charge in [-0.1, -0.05) is 35.2 Å². The number of aromatic nitrogens is 3. The fraction of sp³-hybridized carbons (Fsp3) is 0.176.